The van der Waals surface area contributed by atoms with Gasteiger partial charge >= 0.3 is 5.69 Å². The van der Waals surface area contributed by atoms with Crippen molar-refractivity contribution in [3.05, 3.63) is 106 Å². The molecule has 4 aromatic heterocycles. The van der Waals surface area contributed by atoms with Crippen molar-refractivity contribution in [1.29, 1.82) is 0 Å². The maximum Gasteiger partial charge on any atom is 0.323 e. The average Bonchev–Trinajstić information content (AvgIpc) is 3.93. The Balaban J connectivity index is 0.000000159. The van der Waals surface area contributed by atoms with Crippen LogP contribution in [0.1, 0.15) is 81.1 Å². The maximum atomic E-state index is 10.7. The van der Waals surface area contributed by atoms with Crippen molar-refractivity contribution >= 4 is 57.4 Å². The molecule has 0 fully saturated rings. The number of aromatic amines is 4. The number of imidazole rings is 1. The number of nitrogens with two attached hydrogens (primary N) is 1. The summed E-state index contributed by atoms with van der Waals surface area (Å²) < 4.78 is 0. The van der Waals surface area contributed by atoms with E-state index in [1.54, 1.807) is 0 Å². The number of fused-ring (bicyclic) bond motifs is 9. The molecule has 5 aromatic rings. The second kappa shape index (κ2) is 18.3. The molecule has 0 unspecified atom stereocenters. The lowest BCUT2D eigenvalue weighted by molar-refractivity contribution is 0.431. The van der Waals surface area contributed by atoms with Crippen LogP contribution in [-0.4, -0.2) is 36.4 Å². The first-order valence-electron chi connectivity index (χ1n) is 16.7. The normalized spacial score (nSPS) is 11.6. The smallest absolute Gasteiger partial charge is 0.323 e. The van der Waals surface area contributed by atoms with Crippen LogP contribution in [0.2, 0.25) is 0 Å². The molecule has 2 aliphatic heterocycles. The number of hydrazine groups is 3. The first-order valence-corrected chi connectivity index (χ1v) is 16.7. The highest BCUT2D eigenvalue weighted by molar-refractivity contribution is 5.77. The number of nitrogens with zero attached hydrogens (tertiary/aromatic N) is 2. The molecule has 9 N–H and O–H groups in total. The van der Waals surface area contributed by atoms with Crippen molar-refractivity contribution in [2.45, 2.75) is 58.3 Å². The van der Waals surface area contributed by atoms with Gasteiger partial charge in [0.1, 0.15) is 0 Å². The number of hydrogen-bond acceptors (Lipinski definition) is 7. The molecule has 1 aromatic carbocycles. The molecule has 0 amide bonds. The molecule has 7 rings (SSSR count). The Kier molecular flexibility index (Phi) is 13.1. The third kappa shape index (κ3) is 11.0. The average molecular weight is 647 g/mol. The zero-order valence-corrected chi connectivity index (χ0v) is 27.5. The van der Waals surface area contributed by atoms with Gasteiger partial charge in [0, 0.05) is 28.6 Å². The first-order chi connectivity index (χ1) is 23.6. The highest BCUT2D eigenvalue weighted by Gasteiger charge is 2.02. The number of hydrogen-bond donors (Lipinski definition) is 8. The molecule has 8 bridgehead atoms. The van der Waals surface area contributed by atoms with Crippen molar-refractivity contribution in [3.63, 3.8) is 0 Å². The Morgan fingerprint density at radius 1 is 0.583 bits per heavy atom. The third-order valence-electron chi connectivity index (χ3n) is 7.78. The second-order valence-electron chi connectivity index (χ2n) is 11.7. The number of benzene rings is 1. The van der Waals surface area contributed by atoms with Crippen LogP contribution in [0.5, 0.6) is 0 Å². The molecule has 48 heavy (non-hydrogen) atoms. The fourth-order valence-corrected chi connectivity index (χ4v) is 5.38. The van der Waals surface area contributed by atoms with Crippen molar-refractivity contribution in [2.24, 2.45) is 5.84 Å². The summed E-state index contributed by atoms with van der Waals surface area (Å²) in [5.41, 5.74) is 17.4. The Hall–Kier alpha value is -5.07. The number of para-hydroxylation sites is 2. The van der Waals surface area contributed by atoms with E-state index in [1.165, 1.54) is 51.4 Å². The van der Waals surface area contributed by atoms with E-state index in [0.29, 0.717) is 0 Å². The van der Waals surface area contributed by atoms with Gasteiger partial charge < -0.3 is 19.9 Å². The van der Waals surface area contributed by atoms with Crippen LogP contribution in [0, 0.1) is 0 Å². The van der Waals surface area contributed by atoms with Gasteiger partial charge in [-0.25, -0.2) is 20.2 Å². The molecular formula is C37H46N10O. The fraction of sp³-hybridized carbons (Fsp3) is 0.270. The predicted molar refractivity (Wildman–Crippen MR) is 199 cm³/mol. The van der Waals surface area contributed by atoms with Gasteiger partial charge in [-0.15, -0.1) is 0 Å². The van der Waals surface area contributed by atoms with Crippen LogP contribution >= 0.6 is 0 Å². The number of nitrogens with one attached hydrogen (secondary N) is 7. The quantitative estimate of drug-likeness (QED) is 0.0421. The van der Waals surface area contributed by atoms with Gasteiger partial charge in [-0.2, -0.15) is 11.1 Å². The molecule has 11 nitrogen and oxygen atoms in total. The van der Waals surface area contributed by atoms with Gasteiger partial charge in [0.05, 0.1) is 33.8 Å². The minimum Gasteiger partial charge on any atom is -0.355 e. The predicted octanol–water partition coefficient (Wildman–Crippen LogP) is 7.11. The Morgan fingerprint density at radius 3 is 1.54 bits per heavy atom. The van der Waals surface area contributed by atoms with Crippen molar-refractivity contribution in [3.8, 4) is 0 Å². The molecule has 2 aliphatic rings. The van der Waals surface area contributed by atoms with Gasteiger partial charge in [-0.1, -0.05) is 64.0 Å². The zero-order chi connectivity index (χ0) is 33.4. The van der Waals surface area contributed by atoms with Crippen LogP contribution in [0.3, 0.4) is 0 Å². The van der Waals surface area contributed by atoms with Crippen LogP contribution in [0.4, 0.5) is 0 Å². The second-order valence-corrected chi connectivity index (χ2v) is 11.7. The summed E-state index contributed by atoms with van der Waals surface area (Å²) in [4.78, 5) is 32.0. The Labute approximate surface area is 280 Å². The van der Waals surface area contributed by atoms with E-state index in [4.69, 9.17) is 5.84 Å². The molecule has 6 heterocycles. The molecule has 0 radical (unpaired) electrons. The monoisotopic (exact) mass is 646 g/mol. The zero-order valence-electron chi connectivity index (χ0n) is 27.5. The van der Waals surface area contributed by atoms with Crippen LogP contribution in [0.25, 0.3) is 57.4 Å². The molecule has 0 aliphatic carbocycles. The molecular weight excluding hydrogens is 600 g/mol. The SMILES string of the molecule is C1=Cc2cc3ccc(cc4ccc(cc5nc(cc1n2)C=C5)[nH]4)[nH]3.CCCCCCCCCCNNNN.O=c1[nH]c2ccccc2[nH]1. The van der Waals surface area contributed by atoms with E-state index in [-0.39, 0.29) is 5.69 Å². The number of rotatable bonds is 11. The summed E-state index contributed by atoms with van der Waals surface area (Å²) in [6.45, 7) is 3.23. The molecule has 0 spiro atoms. The lowest BCUT2D eigenvalue weighted by atomic mass is 10.1. The molecule has 11 heteroatoms. The minimum absolute atomic E-state index is 0.152. The van der Waals surface area contributed by atoms with E-state index in [0.717, 1.165) is 62.4 Å². The molecule has 0 saturated carbocycles. The summed E-state index contributed by atoms with van der Waals surface area (Å²) in [5, 5.41) is 0. The lowest BCUT2D eigenvalue weighted by Crippen LogP contribution is -2.47. The number of H-pyrrole nitrogens is 4. The first kappa shape index (κ1) is 34.3. The van der Waals surface area contributed by atoms with Crippen LogP contribution in [-0.2, 0) is 0 Å². The lowest BCUT2D eigenvalue weighted by Gasteiger charge is -2.04. The van der Waals surface area contributed by atoms with E-state index in [1.807, 2.05) is 66.8 Å². The summed E-state index contributed by atoms with van der Waals surface area (Å²) in [6, 6.07) is 23.9. The van der Waals surface area contributed by atoms with Gasteiger partial charge in [0.15, 0.2) is 0 Å². The standard InChI is InChI=1S/C20H14N4.C10H26N4.C7H6N2O/c1-2-14-10-16-5-6-18(23-16)12-20-8-7-19(24-20)11-17-4-3-15(22-17)9-13(1)21-14;1-2-3-4-5-6-7-8-9-10-12-14-13-11;10-7-8-5-3-1-2-4-6(5)9-7/h1-12,21-22H;12-14H,2-11H2,1H3;1-4H,(H2,8,9,10). The summed E-state index contributed by atoms with van der Waals surface area (Å²) >= 11 is 0. The number of unbranched alkanes of at least 4 members (excludes halogenated alkanes) is 7. The largest absolute Gasteiger partial charge is 0.355 e. The van der Waals surface area contributed by atoms with Crippen LogP contribution < -0.4 is 28.0 Å². The maximum absolute atomic E-state index is 10.7. The summed E-state index contributed by atoms with van der Waals surface area (Å²) in [6.07, 6.45) is 18.9. The summed E-state index contributed by atoms with van der Waals surface area (Å²) in [5.74, 6) is 5.01. The fourth-order valence-electron chi connectivity index (χ4n) is 5.38. The minimum atomic E-state index is -0.152. The van der Waals surface area contributed by atoms with Crippen molar-refractivity contribution in [1.82, 2.24) is 46.4 Å². The Bertz CT molecular complexity index is 1880. The van der Waals surface area contributed by atoms with E-state index < -0.39 is 0 Å². The topological polar surface area (TPSA) is 168 Å². The van der Waals surface area contributed by atoms with Gasteiger partial charge in [0.2, 0.25) is 0 Å². The highest BCUT2D eigenvalue weighted by Crippen LogP contribution is 2.17. The molecule has 250 valence electrons. The van der Waals surface area contributed by atoms with Gasteiger partial charge in [-0.3, -0.25) is 5.84 Å². The van der Waals surface area contributed by atoms with Gasteiger partial charge in [-0.05, 0) is 91.4 Å². The van der Waals surface area contributed by atoms with E-state index >= 15 is 0 Å². The van der Waals surface area contributed by atoms with Crippen molar-refractivity contribution in [2.75, 3.05) is 6.54 Å². The molecule has 0 saturated heterocycles. The number of aromatic nitrogens is 6. The third-order valence-corrected chi connectivity index (χ3v) is 7.78. The summed E-state index contributed by atoms with van der Waals surface area (Å²) in [7, 11) is 0. The Morgan fingerprint density at radius 2 is 1.04 bits per heavy atom. The molecule has 0 atom stereocenters. The van der Waals surface area contributed by atoms with Gasteiger partial charge in [0.25, 0.3) is 0 Å². The highest BCUT2D eigenvalue weighted by atomic mass is 16.1. The van der Waals surface area contributed by atoms with E-state index in [2.05, 4.69) is 83.7 Å². The van der Waals surface area contributed by atoms with Crippen LogP contribution in [0.15, 0.2) is 77.6 Å². The van der Waals surface area contributed by atoms with E-state index in [9.17, 15) is 4.79 Å². The van der Waals surface area contributed by atoms with Crippen molar-refractivity contribution < 1.29 is 0 Å².